The lowest BCUT2D eigenvalue weighted by Gasteiger charge is -2.20. The Balaban J connectivity index is 2.82. The molecule has 0 fully saturated rings. The van der Waals surface area contributed by atoms with Gasteiger partial charge in [-0.3, -0.25) is 0 Å². The minimum atomic E-state index is -0.798. The first-order valence-corrected chi connectivity index (χ1v) is 6.15. The second-order valence-electron chi connectivity index (χ2n) is 5.57. The van der Waals surface area contributed by atoms with Crippen molar-refractivity contribution in [2.75, 3.05) is 0 Å². The third kappa shape index (κ3) is 1.98. The van der Waals surface area contributed by atoms with Crippen molar-refractivity contribution in [3.05, 3.63) is 35.5 Å². The van der Waals surface area contributed by atoms with E-state index in [4.69, 9.17) is 0 Å². The summed E-state index contributed by atoms with van der Waals surface area (Å²) in [5.41, 5.74) is 2.64. The zero-order chi connectivity index (χ0) is 12.8. The van der Waals surface area contributed by atoms with Gasteiger partial charge in [-0.05, 0) is 51.8 Å². The van der Waals surface area contributed by atoms with Crippen LogP contribution >= 0.6 is 0 Å². The zero-order valence-corrected chi connectivity index (χ0v) is 11.3. The van der Waals surface area contributed by atoms with Crippen LogP contribution in [0, 0.1) is 6.92 Å². The standard InChI is InChI=1S/C15H21NO/c1-10(2)16-9-11(3)14-12(15(4,5)17)7-6-8-13(14)16/h6-10,17H,1-5H3. The second-order valence-corrected chi connectivity index (χ2v) is 5.57. The van der Waals surface area contributed by atoms with Crippen LogP contribution in [0.2, 0.25) is 0 Å². The van der Waals surface area contributed by atoms with E-state index in [9.17, 15) is 5.11 Å². The van der Waals surface area contributed by atoms with E-state index in [-0.39, 0.29) is 0 Å². The van der Waals surface area contributed by atoms with Crippen LogP contribution < -0.4 is 0 Å². The second kappa shape index (κ2) is 3.88. The van der Waals surface area contributed by atoms with Gasteiger partial charge >= 0.3 is 0 Å². The lowest BCUT2D eigenvalue weighted by Crippen LogP contribution is -2.16. The van der Waals surface area contributed by atoms with Gasteiger partial charge in [0.15, 0.2) is 0 Å². The quantitative estimate of drug-likeness (QED) is 0.836. The first-order valence-electron chi connectivity index (χ1n) is 6.15. The fourth-order valence-corrected chi connectivity index (χ4v) is 2.45. The lowest BCUT2D eigenvalue weighted by molar-refractivity contribution is 0.0802. The molecule has 0 bridgehead atoms. The highest BCUT2D eigenvalue weighted by molar-refractivity contribution is 5.88. The molecule has 2 rings (SSSR count). The number of aromatic nitrogens is 1. The molecule has 17 heavy (non-hydrogen) atoms. The highest BCUT2D eigenvalue weighted by Crippen LogP contribution is 2.33. The predicted octanol–water partition coefficient (Wildman–Crippen LogP) is 3.76. The molecule has 1 heterocycles. The molecule has 1 aromatic heterocycles. The Morgan fingerprint density at radius 1 is 1.24 bits per heavy atom. The molecule has 0 saturated carbocycles. The van der Waals surface area contributed by atoms with E-state index in [2.05, 4.69) is 37.6 Å². The number of nitrogens with zero attached hydrogens (tertiary/aromatic N) is 1. The topological polar surface area (TPSA) is 25.2 Å². The van der Waals surface area contributed by atoms with E-state index in [0.717, 1.165) is 5.56 Å². The molecule has 1 aromatic carbocycles. The molecule has 0 spiro atoms. The normalized spacial score (nSPS) is 12.6. The zero-order valence-electron chi connectivity index (χ0n) is 11.3. The first-order chi connectivity index (χ1) is 7.82. The fraction of sp³-hybridized carbons (Fsp3) is 0.467. The molecule has 0 saturated heterocycles. The maximum absolute atomic E-state index is 10.3. The van der Waals surface area contributed by atoms with Crippen LogP contribution in [0.25, 0.3) is 10.9 Å². The molecule has 0 amide bonds. The van der Waals surface area contributed by atoms with Gasteiger partial charge in [0, 0.05) is 23.1 Å². The Kier molecular flexibility index (Phi) is 2.78. The highest BCUT2D eigenvalue weighted by Gasteiger charge is 2.21. The number of hydrogen-bond donors (Lipinski definition) is 1. The van der Waals surface area contributed by atoms with E-state index < -0.39 is 5.60 Å². The average molecular weight is 231 g/mol. The van der Waals surface area contributed by atoms with Crippen LogP contribution in [0.15, 0.2) is 24.4 Å². The maximum Gasteiger partial charge on any atom is 0.0847 e. The summed E-state index contributed by atoms with van der Waals surface area (Å²) in [6, 6.07) is 6.59. The van der Waals surface area contributed by atoms with Gasteiger partial charge in [0.1, 0.15) is 0 Å². The molecule has 0 radical (unpaired) electrons. The van der Waals surface area contributed by atoms with Crippen molar-refractivity contribution in [3.63, 3.8) is 0 Å². The molecule has 0 unspecified atom stereocenters. The summed E-state index contributed by atoms with van der Waals surface area (Å²) in [7, 11) is 0. The van der Waals surface area contributed by atoms with Gasteiger partial charge in [0.2, 0.25) is 0 Å². The molecular formula is C15H21NO. The largest absolute Gasteiger partial charge is 0.386 e. The van der Waals surface area contributed by atoms with Crippen LogP contribution in [0.1, 0.15) is 44.9 Å². The molecule has 0 atom stereocenters. The van der Waals surface area contributed by atoms with E-state index in [1.165, 1.54) is 16.5 Å². The Labute approximate surface area is 103 Å². The number of aryl methyl sites for hydroxylation is 1. The molecule has 2 nitrogen and oxygen atoms in total. The minimum absolute atomic E-state index is 0.434. The molecule has 0 aliphatic carbocycles. The molecular weight excluding hydrogens is 210 g/mol. The van der Waals surface area contributed by atoms with Crippen LogP contribution in [-0.2, 0) is 5.60 Å². The van der Waals surface area contributed by atoms with Gasteiger partial charge in [-0.2, -0.15) is 0 Å². The summed E-state index contributed by atoms with van der Waals surface area (Å²) < 4.78 is 2.26. The summed E-state index contributed by atoms with van der Waals surface area (Å²) in [5.74, 6) is 0. The van der Waals surface area contributed by atoms with Gasteiger partial charge < -0.3 is 9.67 Å². The van der Waals surface area contributed by atoms with Gasteiger partial charge in [-0.1, -0.05) is 12.1 Å². The third-order valence-corrected chi connectivity index (χ3v) is 3.26. The smallest absolute Gasteiger partial charge is 0.0847 e. The van der Waals surface area contributed by atoms with Crippen molar-refractivity contribution < 1.29 is 5.11 Å². The predicted molar refractivity (Wildman–Crippen MR) is 72.3 cm³/mol. The lowest BCUT2D eigenvalue weighted by atomic mass is 9.93. The van der Waals surface area contributed by atoms with Gasteiger partial charge in [-0.25, -0.2) is 0 Å². The Morgan fingerprint density at radius 2 is 1.88 bits per heavy atom. The van der Waals surface area contributed by atoms with Crippen molar-refractivity contribution in [2.45, 2.75) is 46.3 Å². The molecule has 1 N–H and O–H groups in total. The summed E-state index contributed by atoms with van der Waals surface area (Å²) in [5, 5.41) is 11.4. The maximum atomic E-state index is 10.3. The summed E-state index contributed by atoms with van der Waals surface area (Å²) in [4.78, 5) is 0. The van der Waals surface area contributed by atoms with Crippen LogP contribution in [-0.4, -0.2) is 9.67 Å². The Morgan fingerprint density at radius 3 is 2.41 bits per heavy atom. The van der Waals surface area contributed by atoms with E-state index in [1.807, 2.05) is 26.0 Å². The van der Waals surface area contributed by atoms with Gasteiger partial charge in [-0.15, -0.1) is 0 Å². The van der Waals surface area contributed by atoms with Crippen molar-refractivity contribution in [1.82, 2.24) is 4.57 Å². The van der Waals surface area contributed by atoms with Crippen LogP contribution in [0.5, 0.6) is 0 Å². The molecule has 2 heteroatoms. The molecule has 2 aromatic rings. The fourth-order valence-electron chi connectivity index (χ4n) is 2.45. The van der Waals surface area contributed by atoms with Crippen molar-refractivity contribution in [1.29, 1.82) is 0 Å². The third-order valence-electron chi connectivity index (χ3n) is 3.26. The van der Waals surface area contributed by atoms with Crippen molar-refractivity contribution >= 4 is 10.9 Å². The van der Waals surface area contributed by atoms with Crippen molar-refractivity contribution in [2.24, 2.45) is 0 Å². The Bertz CT molecular complexity index is 544. The van der Waals surface area contributed by atoms with Gasteiger partial charge in [0.05, 0.1) is 5.60 Å². The van der Waals surface area contributed by atoms with Gasteiger partial charge in [0.25, 0.3) is 0 Å². The van der Waals surface area contributed by atoms with Crippen molar-refractivity contribution in [3.8, 4) is 0 Å². The number of benzene rings is 1. The van der Waals surface area contributed by atoms with E-state index >= 15 is 0 Å². The highest BCUT2D eigenvalue weighted by atomic mass is 16.3. The van der Waals surface area contributed by atoms with E-state index in [0.29, 0.717) is 6.04 Å². The molecule has 0 aliphatic rings. The monoisotopic (exact) mass is 231 g/mol. The minimum Gasteiger partial charge on any atom is -0.386 e. The number of rotatable bonds is 2. The summed E-state index contributed by atoms with van der Waals surface area (Å²) >= 11 is 0. The molecule has 0 aliphatic heterocycles. The number of hydrogen-bond acceptors (Lipinski definition) is 1. The van der Waals surface area contributed by atoms with Crippen LogP contribution in [0.3, 0.4) is 0 Å². The summed E-state index contributed by atoms with van der Waals surface area (Å²) in [6.45, 7) is 10.1. The number of fused-ring (bicyclic) bond motifs is 1. The average Bonchev–Trinajstić information content (AvgIpc) is 2.55. The summed E-state index contributed by atoms with van der Waals surface area (Å²) in [6.07, 6.45) is 2.17. The number of aliphatic hydroxyl groups is 1. The molecule has 92 valence electrons. The van der Waals surface area contributed by atoms with E-state index in [1.54, 1.807) is 0 Å². The first kappa shape index (κ1) is 12.2. The van der Waals surface area contributed by atoms with Crippen LogP contribution in [0.4, 0.5) is 0 Å². The SMILES string of the molecule is Cc1cn(C(C)C)c2cccc(C(C)(C)O)c12. The Hall–Kier alpha value is -1.28.